The summed E-state index contributed by atoms with van der Waals surface area (Å²) in [4.78, 5) is 0.878. The predicted octanol–water partition coefficient (Wildman–Crippen LogP) is 6.15. The van der Waals surface area contributed by atoms with Gasteiger partial charge in [0.15, 0.2) is 11.6 Å². The molecule has 2 aromatic rings. The number of aromatic hydroxyl groups is 1. The lowest BCUT2D eigenvalue weighted by molar-refractivity contribution is -0.0132. The van der Waals surface area contributed by atoms with Crippen molar-refractivity contribution in [3.8, 4) is 5.75 Å². The van der Waals surface area contributed by atoms with Gasteiger partial charge in [-0.2, -0.15) is 0 Å². The van der Waals surface area contributed by atoms with Gasteiger partial charge in [-0.05, 0) is 48.2 Å². The third kappa shape index (κ3) is 2.63. The fourth-order valence-electron chi connectivity index (χ4n) is 4.21. The lowest BCUT2D eigenvalue weighted by Gasteiger charge is -2.36. The van der Waals surface area contributed by atoms with Gasteiger partial charge < -0.3 is 5.11 Å². The number of benzene rings is 2. The molecule has 1 nitrogen and oxygen atoms in total. The Morgan fingerprint density at radius 2 is 1.96 bits per heavy atom. The van der Waals surface area contributed by atoms with Gasteiger partial charge >= 0.3 is 0 Å². The average Bonchev–Trinajstić information content (AvgIpc) is 2.77. The van der Waals surface area contributed by atoms with Gasteiger partial charge in [-0.1, -0.05) is 23.7 Å². The van der Waals surface area contributed by atoms with Gasteiger partial charge in [0.2, 0.25) is 5.92 Å². The van der Waals surface area contributed by atoms with Crippen LogP contribution < -0.4 is 0 Å². The van der Waals surface area contributed by atoms with Gasteiger partial charge in [-0.25, -0.2) is 13.2 Å². The summed E-state index contributed by atoms with van der Waals surface area (Å²) in [6.07, 6.45) is 0.357. The van der Waals surface area contributed by atoms with E-state index in [4.69, 9.17) is 11.6 Å². The highest BCUT2D eigenvalue weighted by molar-refractivity contribution is 8.00. The first-order chi connectivity index (χ1) is 11.8. The molecule has 2 atom stereocenters. The molecular formula is C19H16ClF3OS. The third-order valence-electron chi connectivity index (χ3n) is 5.30. The zero-order chi connectivity index (χ0) is 17.8. The van der Waals surface area contributed by atoms with Gasteiger partial charge in [0, 0.05) is 33.4 Å². The minimum atomic E-state index is -2.75. The lowest BCUT2D eigenvalue weighted by atomic mass is 9.69. The number of rotatable bonds is 1. The van der Waals surface area contributed by atoms with E-state index >= 15 is 0 Å². The Balaban J connectivity index is 1.97. The molecule has 1 N–H and O–H groups in total. The monoisotopic (exact) mass is 384 g/mol. The molecule has 2 aromatic carbocycles. The van der Waals surface area contributed by atoms with E-state index in [1.54, 1.807) is 12.1 Å². The van der Waals surface area contributed by atoms with Crippen LogP contribution in [-0.2, 0) is 5.41 Å². The molecule has 6 heteroatoms. The molecule has 1 fully saturated rings. The predicted molar refractivity (Wildman–Crippen MR) is 93.4 cm³/mol. The van der Waals surface area contributed by atoms with E-state index in [1.165, 1.54) is 23.9 Å². The fraction of sp³-hybridized carbons (Fsp3) is 0.368. The van der Waals surface area contributed by atoms with E-state index in [2.05, 4.69) is 0 Å². The molecule has 1 heterocycles. The average molecular weight is 385 g/mol. The summed E-state index contributed by atoms with van der Waals surface area (Å²) >= 11 is 7.88. The first-order valence-electron chi connectivity index (χ1n) is 8.16. The summed E-state index contributed by atoms with van der Waals surface area (Å²) < 4.78 is 42.7. The molecule has 25 heavy (non-hydrogen) atoms. The normalized spacial score (nSPS) is 27.4. The number of fused-ring (bicyclic) bond motifs is 3. The maximum absolute atomic E-state index is 14.3. The Morgan fingerprint density at radius 3 is 2.72 bits per heavy atom. The van der Waals surface area contributed by atoms with Crippen LogP contribution in [0.15, 0.2) is 41.3 Å². The quantitative estimate of drug-likeness (QED) is 0.635. The number of hydrogen-bond acceptors (Lipinski definition) is 2. The molecule has 4 rings (SSSR count). The van der Waals surface area contributed by atoms with Crippen molar-refractivity contribution < 1.29 is 18.3 Å². The molecule has 2 aliphatic rings. The fourth-order valence-corrected chi connectivity index (χ4v) is 6.38. The van der Waals surface area contributed by atoms with Gasteiger partial charge in [0.05, 0.1) is 0 Å². The standard InChI is InChI=1S/C19H16ClF3OS/c20-12-3-1-4-15-17(12)19(11-5-6-14(24)13(21)9-11)8-2-7-18(22,23)10-16(19)25-15/h1,3-6,9,16,24H,2,7-8,10H2. The maximum Gasteiger partial charge on any atom is 0.249 e. The summed E-state index contributed by atoms with van der Waals surface area (Å²) in [7, 11) is 0. The molecule has 0 aromatic heterocycles. The Kier molecular flexibility index (Phi) is 4.00. The molecule has 2 unspecified atom stereocenters. The number of hydrogen-bond donors (Lipinski definition) is 1. The molecule has 0 spiro atoms. The molecule has 0 amide bonds. The van der Waals surface area contributed by atoms with Crippen LogP contribution in [0.5, 0.6) is 5.75 Å². The Labute approximate surface area is 153 Å². The molecule has 1 aliphatic heterocycles. The van der Waals surface area contributed by atoms with Gasteiger partial charge in [-0.15, -0.1) is 11.8 Å². The Bertz CT molecular complexity index is 841. The molecule has 1 aliphatic carbocycles. The number of phenols is 1. The first kappa shape index (κ1) is 17.1. The van der Waals surface area contributed by atoms with Crippen LogP contribution >= 0.6 is 23.4 Å². The second kappa shape index (κ2) is 5.85. The summed E-state index contributed by atoms with van der Waals surface area (Å²) in [5.41, 5.74) is 0.645. The van der Waals surface area contributed by atoms with Crippen molar-refractivity contribution in [3.05, 3.63) is 58.4 Å². The van der Waals surface area contributed by atoms with E-state index < -0.39 is 28.2 Å². The molecule has 0 saturated heterocycles. The zero-order valence-corrected chi connectivity index (χ0v) is 14.8. The summed E-state index contributed by atoms with van der Waals surface area (Å²) in [5, 5.41) is 9.64. The number of halogens is 4. The van der Waals surface area contributed by atoms with E-state index in [0.29, 0.717) is 23.4 Å². The van der Waals surface area contributed by atoms with Crippen LogP contribution in [0.25, 0.3) is 0 Å². The van der Waals surface area contributed by atoms with Crippen LogP contribution in [0.1, 0.15) is 36.8 Å². The van der Waals surface area contributed by atoms with Gasteiger partial charge in [0.25, 0.3) is 0 Å². The summed E-state index contributed by atoms with van der Waals surface area (Å²) in [6.45, 7) is 0. The second-order valence-electron chi connectivity index (χ2n) is 6.77. The van der Waals surface area contributed by atoms with Crippen molar-refractivity contribution in [1.82, 2.24) is 0 Å². The van der Waals surface area contributed by atoms with Crippen molar-refractivity contribution in [2.45, 2.75) is 47.2 Å². The molecule has 132 valence electrons. The number of alkyl halides is 2. The van der Waals surface area contributed by atoms with Crippen LogP contribution in [0, 0.1) is 5.82 Å². The minimum absolute atomic E-state index is 0.174. The number of thioether (sulfide) groups is 1. The summed E-state index contributed by atoms with van der Waals surface area (Å²) in [6, 6.07) is 9.64. The van der Waals surface area contributed by atoms with Gasteiger partial charge in [-0.3, -0.25) is 0 Å². The van der Waals surface area contributed by atoms with Crippen LogP contribution in [-0.4, -0.2) is 16.3 Å². The van der Waals surface area contributed by atoms with Crippen molar-refractivity contribution in [2.75, 3.05) is 0 Å². The Hall–Kier alpha value is -1.33. The van der Waals surface area contributed by atoms with Crippen molar-refractivity contribution >= 4 is 23.4 Å². The van der Waals surface area contributed by atoms with Crippen LogP contribution in [0.4, 0.5) is 13.2 Å². The second-order valence-corrected chi connectivity index (χ2v) is 8.42. The van der Waals surface area contributed by atoms with E-state index in [1.807, 2.05) is 12.1 Å². The highest BCUT2D eigenvalue weighted by atomic mass is 35.5. The maximum atomic E-state index is 14.3. The van der Waals surface area contributed by atoms with Crippen LogP contribution in [0.2, 0.25) is 5.02 Å². The van der Waals surface area contributed by atoms with Crippen molar-refractivity contribution in [3.63, 3.8) is 0 Å². The molecule has 0 bridgehead atoms. The Morgan fingerprint density at radius 1 is 1.16 bits per heavy atom. The summed E-state index contributed by atoms with van der Waals surface area (Å²) in [5.74, 6) is -3.93. The SMILES string of the molecule is Oc1ccc(C23CCCC(F)(F)CC2Sc2cccc(Cl)c23)cc1F. The highest BCUT2D eigenvalue weighted by Crippen LogP contribution is 2.61. The largest absolute Gasteiger partial charge is 0.505 e. The number of phenolic OH excluding ortho intramolecular Hbond substituents is 1. The van der Waals surface area contributed by atoms with Crippen molar-refractivity contribution in [1.29, 1.82) is 0 Å². The molecule has 0 radical (unpaired) electrons. The van der Waals surface area contributed by atoms with E-state index in [9.17, 15) is 18.3 Å². The van der Waals surface area contributed by atoms with Gasteiger partial charge in [0.1, 0.15) is 0 Å². The highest BCUT2D eigenvalue weighted by Gasteiger charge is 2.54. The first-order valence-corrected chi connectivity index (χ1v) is 9.42. The smallest absolute Gasteiger partial charge is 0.249 e. The minimum Gasteiger partial charge on any atom is -0.505 e. The lowest BCUT2D eigenvalue weighted by Crippen LogP contribution is -2.37. The van der Waals surface area contributed by atoms with E-state index in [0.717, 1.165) is 10.5 Å². The van der Waals surface area contributed by atoms with Crippen molar-refractivity contribution in [2.24, 2.45) is 0 Å². The topological polar surface area (TPSA) is 20.2 Å². The molecular weight excluding hydrogens is 369 g/mol. The van der Waals surface area contributed by atoms with Crippen LogP contribution in [0.3, 0.4) is 0 Å². The van der Waals surface area contributed by atoms with E-state index in [-0.39, 0.29) is 12.8 Å². The third-order valence-corrected chi connectivity index (χ3v) is 7.06. The molecule has 1 saturated carbocycles. The zero-order valence-electron chi connectivity index (χ0n) is 13.2.